The monoisotopic (exact) mass is 251 g/mol. The van der Waals surface area contributed by atoms with Gasteiger partial charge in [0.05, 0.1) is 6.61 Å². The van der Waals surface area contributed by atoms with Gasteiger partial charge in [-0.25, -0.2) is 9.97 Å². The van der Waals surface area contributed by atoms with Gasteiger partial charge < -0.3 is 10.4 Å². The number of hydrogen-bond donors (Lipinski definition) is 2. The van der Waals surface area contributed by atoms with Crippen LogP contribution < -0.4 is 5.32 Å². The zero-order valence-corrected chi connectivity index (χ0v) is 11.9. The molecule has 0 radical (unpaired) electrons. The molecule has 1 aromatic rings. The van der Waals surface area contributed by atoms with Gasteiger partial charge in [-0.15, -0.1) is 0 Å². The van der Waals surface area contributed by atoms with Gasteiger partial charge in [-0.05, 0) is 31.7 Å². The fourth-order valence-electron chi connectivity index (χ4n) is 1.86. The van der Waals surface area contributed by atoms with E-state index in [2.05, 4.69) is 42.1 Å². The standard InChI is InChI=1S/C14H25N3O/c1-5-7-10(3)13-8-12(6-2)16-14(17-13)15-11(4)9-18/h8,10-11,18H,5-7,9H2,1-4H3,(H,15,16,17). The molecule has 2 N–H and O–H groups in total. The Hall–Kier alpha value is -1.16. The molecule has 1 rings (SSSR count). The van der Waals surface area contributed by atoms with Gasteiger partial charge in [-0.1, -0.05) is 27.2 Å². The molecule has 0 saturated heterocycles. The van der Waals surface area contributed by atoms with Gasteiger partial charge in [0.15, 0.2) is 0 Å². The average Bonchev–Trinajstić information content (AvgIpc) is 2.38. The fraction of sp³-hybridized carbons (Fsp3) is 0.714. The number of hydrogen-bond acceptors (Lipinski definition) is 4. The van der Waals surface area contributed by atoms with E-state index in [1.807, 2.05) is 6.92 Å². The smallest absolute Gasteiger partial charge is 0.223 e. The van der Waals surface area contributed by atoms with Crippen LogP contribution in [0, 0.1) is 0 Å². The zero-order chi connectivity index (χ0) is 13.5. The van der Waals surface area contributed by atoms with Crippen LogP contribution >= 0.6 is 0 Å². The molecule has 18 heavy (non-hydrogen) atoms. The second kappa shape index (κ2) is 7.31. The molecule has 0 aliphatic heterocycles. The Bertz CT molecular complexity index is 368. The van der Waals surface area contributed by atoms with Crippen LogP contribution in [0.5, 0.6) is 0 Å². The van der Waals surface area contributed by atoms with E-state index in [1.54, 1.807) is 0 Å². The lowest BCUT2D eigenvalue weighted by Gasteiger charge is -2.15. The van der Waals surface area contributed by atoms with E-state index in [0.29, 0.717) is 11.9 Å². The van der Waals surface area contributed by atoms with Crippen molar-refractivity contribution in [3.8, 4) is 0 Å². The van der Waals surface area contributed by atoms with E-state index in [4.69, 9.17) is 5.11 Å². The van der Waals surface area contributed by atoms with Crippen LogP contribution in [0.2, 0.25) is 0 Å². The molecule has 0 aromatic carbocycles. The van der Waals surface area contributed by atoms with Gasteiger partial charge in [0.25, 0.3) is 0 Å². The van der Waals surface area contributed by atoms with Gasteiger partial charge in [0.1, 0.15) is 0 Å². The van der Waals surface area contributed by atoms with Crippen LogP contribution in [0.25, 0.3) is 0 Å². The van der Waals surface area contributed by atoms with Crippen molar-refractivity contribution >= 4 is 5.95 Å². The second-order valence-corrected chi connectivity index (χ2v) is 4.88. The third kappa shape index (κ3) is 4.26. The molecule has 0 aliphatic rings. The molecule has 2 atom stereocenters. The lowest BCUT2D eigenvalue weighted by atomic mass is 10.0. The van der Waals surface area contributed by atoms with Gasteiger partial charge in [0, 0.05) is 17.4 Å². The van der Waals surface area contributed by atoms with Crippen LogP contribution in [0.4, 0.5) is 5.95 Å². The predicted octanol–water partition coefficient (Wildman–Crippen LogP) is 2.74. The van der Waals surface area contributed by atoms with Gasteiger partial charge in [-0.2, -0.15) is 0 Å². The summed E-state index contributed by atoms with van der Waals surface area (Å²) in [5, 5.41) is 12.2. The number of nitrogens with one attached hydrogen (secondary N) is 1. The van der Waals surface area contributed by atoms with Crippen molar-refractivity contribution in [1.29, 1.82) is 0 Å². The Morgan fingerprint density at radius 1 is 1.28 bits per heavy atom. The molecule has 0 saturated carbocycles. The molecule has 4 heteroatoms. The maximum atomic E-state index is 9.07. The van der Waals surface area contributed by atoms with E-state index < -0.39 is 0 Å². The fourth-order valence-corrected chi connectivity index (χ4v) is 1.86. The number of anilines is 1. The first kappa shape index (κ1) is 14.9. The minimum Gasteiger partial charge on any atom is -0.394 e. The van der Waals surface area contributed by atoms with E-state index in [1.165, 1.54) is 0 Å². The van der Waals surface area contributed by atoms with Crippen molar-refractivity contribution in [2.24, 2.45) is 0 Å². The second-order valence-electron chi connectivity index (χ2n) is 4.88. The van der Waals surface area contributed by atoms with Gasteiger partial charge in [0.2, 0.25) is 5.95 Å². The molecule has 0 amide bonds. The molecular formula is C14H25N3O. The summed E-state index contributed by atoms with van der Waals surface area (Å²) in [5.41, 5.74) is 2.15. The maximum absolute atomic E-state index is 9.07. The molecule has 2 unspecified atom stereocenters. The summed E-state index contributed by atoms with van der Waals surface area (Å²) >= 11 is 0. The van der Waals surface area contributed by atoms with Crippen LogP contribution in [0.3, 0.4) is 0 Å². The van der Waals surface area contributed by atoms with Crippen LogP contribution in [0.1, 0.15) is 57.8 Å². The third-order valence-electron chi connectivity index (χ3n) is 3.04. The van der Waals surface area contributed by atoms with Crippen LogP contribution in [-0.4, -0.2) is 27.7 Å². The number of aryl methyl sites for hydroxylation is 1. The molecular weight excluding hydrogens is 226 g/mol. The van der Waals surface area contributed by atoms with Gasteiger partial charge in [-0.3, -0.25) is 0 Å². The highest BCUT2D eigenvalue weighted by Crippen LogP contribution is 2.20. The Labute approximate surface area is 110 Å². The molecule has 4 nitrogen and oxygen atoms in total. The third-order valence-corrected chi connectivity index (χ3v) is 3.04. The number of nitrogens with zero attached hydrogens (tertiary/aromatic N) is 2. The van der Waals surface area contributed by atoms with E-state index in [0.717, 1.165) is 30.7 Å². The maximum Gasteiger partial charge on any atom is 0.223 e. The van der Waals surface area contributed by atoms with Crippen LogP contribution in [0.15, 0.2) is 6.07 Å². The van der Waals surface area contributed by atoms with E-state index in [-0.39, 0.29) is 12.6 Å². The lowest BCUT2D eigenvalue weighted by Crippen LogP contribution is -2.21. The largest absolute Gasteiger partial charge is 0.394 e. The van der Waals surface area contributed by atoms with Crippen molar-refractivity contribution in [2.75, 3.05) is 11.9 Å². The summed E-state index contributed by atoms with van der Waals surface area (Å²) in [6.45, 7) is 8.47. The summed E-state index contributed by atoms with van der Waals surface area (Å²) in [5.74, 6) is 1.09. The van der Waals surface area contributed by atoms with Gasteiger partial charge >= 0.3 is 0 Å². The number of rotatable bonds is 7. The van der Waals surface area contributed by atoms with Crippen molar-refractivity contribution in [2.45, 2.75) is 58.9 Å². The quantitative estimate of drug-likeness (QED) is 0.782. The average molecular weight is 251 g/mol. The van der Waals surface area contributed by atoms with E-state index in [9.17, 15) is 0 Å². The summed E-state index contributed by atoms with van der Waals surface area (Å²) in [4.78, 5) is 9.00. The van der Waals surface area contributed by atoms with Crippen molar-refractivity contribution in [3.63, 3.8) is 0 Å². The molecule has 0 fully saturated rings. The number of aliphatic hydroxyl groups excluding tert-OH is 1. The van der Waals surface area contributed by atoms with Crippen molar-refractivity contribution in [3.05, 3.63) is 17.5 Å². The summed E-state index contributed by atoms with van der Waals surface area (Å²) < 4.78 is 0. The highest BCUT2D eigenvalue weighted by molar-refractivity contribution is 5.30. The zero-order valence-electron chi connectivity index (χ0n) is 11.9. The van der Waals surface area contributed by atoms with Crippen molar-refractivity contribution < 1.29 is 5.11 Å². The highest BCUT2D eigenvalue weighted by Gasteiger charge is 2.11. The van der Waals surface area contributed by atoms with E-state index >= 15 is 0 Å². The summed E-state index contributed by atoms with van der Waals surface area (Å²) in [6, 6.07) is 2.07. The Morgan fingerprint density at radius 3 is 2.56 bits per heavy atom. The summed E-state index contributed by atoms with van der Waals surface area (Å²) in [6.07, 6.45) is 3.19. The first-order valence-electron chi connectivity index (χ1n) is 6.85. The molecule has 0 aliphatic carbocycles. The Kier molecular flexibility index (Phi) is 6.05. The predicted molar refractivity (Wildman–Crippen MR) is 74.9 cm³/mol. The highest BCUT2D eigenvalue weighted by atomic mass is 16.3. The minimum atomic E-state index is -0.0218. The Balaban J connectivity index is 2.93. The lowest BCUT2D eigenvalue weighted by molar-refractivity contribution is 0.281. The molecule has 1 heterocycles. The molecule has 0 bridgehead atoms. The molecule has 102 valence electrons. The first-order chi connectivity index (χ1) is 8.60. The minimum absolute atomic E-state index is 0.0218. The number of aromatic nitrogens is 2. The summed E-state index contributed by atoms with van der Waals surface area (Å²) in [7, 11) is 0. The first-order valence-corrected chi connectivity index (χ1v) is 6.85. The van der Waals surface area contributed by atoms with Crippen molar-refractivity contribution in [1.82, 2.24) is 9.97 Å². The number of aliphatic hydroxyl groups is 1. The van der Waals surface area contributed by atoms with Crippen LogP contribution in [-0.2, 0) is 6.42 Å². The molecule has 1 aromatic heterocycles. The topological polar surface area (TPSA) is 58.0 Å². The Morgan fingerprint density at radius 2 is 2.00 bits per heavy atom. The SMILES string of the molecule is CCCC(C)c1cc(CC)nc(NC(C)CO)n1. The normalized spacial score (nSPS) is 14.3. The molecule has 0 spiro atoms.